The molecule has 0 bridgehead atoms. The largest absolute Gasteiger partial charge is 0.417 e. The molecule has 0 aliphatic carbocycles. The molecule has 1 aromatic carbocycles. The highest BCUT2D eigenvalue weighted by atomic mass is 19.4. The fourth-order valence-corrected chi connectivity index (χ4v) is 1.93. The van der Waals surface area contributed by atoms with E-state index < -0.39 is 11.7 Å². The van der Waals surface area contributed by atoms with Crippen LogP contribution in [0.2, 0.25) is 0 Å². The van der Waals surface area contributed by atoms with Crippen LogP contribution < -0.4 is 5.73 Å². The minimum absolute atomic E-state index is 0.0458. The fraction of sp³-hybridized carbons (Fsp3) is 0.533. The van der Waals surface area contributed by atoms with E-state index in [2.05, 4.69) is 5.16 Å². The normalized spacial score (nSPS) is 12.5. The number of hydrogen-bond donors (Lipinski definition) is 1. The molecule has 0 unspecified atom stereocenters. The van der Waals surface area contributed by atoms with Gasteiger partial charge in [-0.25, -0.2) is 0 Å². The van der Waals surface area contributed by atoms with E-state index in [4.69, 9.17) is 15.3 Å². The molecule has 1 rings (SSSR count). The van der Waals surface area contributed by atoms with Crippen molar-refractivity contribution in [3.63, 3.8) is 0 Å². The molecule has 7 heteroatoms. The Kier molecular flexibility index (Phi) is 7.90. The number of benzene rings is 1. The lowest BCUT2D eigenvalue weighted by molar-refractivity contribution is -0.137. The second-order valence-corrected chi connectivity index (χ2v) is 4.65. The summed E-state index contributed by atoms with van der Waals surface area (Å²) in [6.07, 6.45) is -2.66. The SMILES string of the molecule is COCCCC/C(=N\OCCN)c1ccccc1C(F)(F)F. The van der Waals surface area contributed by atoms with Gasteiger partial charge >= 0.3 is 6.18 Å². The van der Waals surface area contributed by atoms with Crippen LogP contribution >= 0.6 is 0 Å². The third kappa shape index (κ3) is 6.03. The first kappa shape index (κ1) is 18.4. The average Bonchev–Trinajstić information content (AvgIpc) is 2.49. The first-order valence-corrected chi connectivity index (χ1v) is 7.05. The van der Waals surface area contributed by atoms with E-state index in [9.17, 15) is 13.2 Å². The van der Waals surface area contributed by atoms with Gasteiger partial charge in [0, 0.05) is 25.8 Å². The number of nitrogens with zero attached hydrogens (tertiary/aromatic N) is 1. The summed E-state index contributed by atoms with van der Waals surface area (Å²) in [7, 11) is 1.58. The first-order chi connectivity index (χ1) is 10.5. The molecular weight excluding hydrogens is 297 g/mol. The van der Waals surface area contributed by atoms with Crippen LogP contribution in [0.3, 0.4) is 0 Å². The monoisotopic (exact) mass is 318 g/mol. The van der Waals surface area contributed by atoms with Crippen LogP contribution in [0, 0.1) is 0 Å². The summed E-state index contributed by atoms with van der Waals surface area (Å²) in [6.45, 7) is 0.967. The van der Waals surface area contributed by atoms with Crippen LogP contribution in [0.25, 0.3) is 0 Å². The number of oxime groups is 1. The molecular formula is C15H21F3N2O2. The highest BCUT2D eigenvalue weighted by Gasteiger charge is 2.34. The van der Waals surface area contributed by atoms with Crippen LogP contribution in [0.15, 0.2) is 29.4 Å². The minimum atomic E-state index is -4.43. The van der Waals surface area contributed by atoms with Crippen LogP contribution in [0.5, 0.6) is 0 Å². The lowest BCUT2D eigenvalue weighted by Gasteiger charge is -2.14. The quantitative estimate of drug-likeness (QED) is 0.432. The minimum Gasteiger partial charge on any atom is -0.394 e. The summed E-state index contributed by atoms with van der Waals surface area (Å²) in [5.41, 5.74) is 4.91. The summed E-state index contributed by atoms with van der Waals surface area (Å²) >= 11 is 0. The van der Waals surface area contributed by atoms with Gasteiger partial charge in [-0.1, -0.05) is 23.4 Å². The Morgan fingerprint density at radius 2 is 1.91 bits per heavy atom. The van der Waals surface area contributed by atoms with Crippen molar-refractivity contribution in [3.8, 4) is 0 Å². The molecule has 0 saturated carbocycles. The van der Waals surface area contributed by atoms with Crippen LogP contribution in [0.1, 0.15) is 30.4 Å². The van der Waals surface area contributed by atoms with Gasteiger partial charge in [0.15, 0.2) is 0 Å². The Bertz CT molecular complexity index is 476. The van der Waals surface area contributed by atoms with Gasteiger partial charge in [0.25, 0.3) is 0 Å². The Labute approximate surface area is 128 Å². The van der Waals surface area contributed by atoms with Gasteiger partial charge < -0.3 is 15.3 Å². The first-order valence-electron chi connectivity index (χ1n) is 7.05. The number of methoxy groups -OCH3 is 1. The van der Waals surface area contributed by atoms with E-state index >= 15 is 0 Å². The van der Waals surface area contributed by atoms with Crippen molar-refractivity contribution in [2.45, 2.75) is 25.4 Å². The number of nitrogens with two attached hydrogens (primary N) is 1. The standard InChI is InChI=1S/C15H21F3N2O2/c1-21-10-5-4-8-14(20-22-11-9-19)12-6-2-3-7-13(12)15(16,17)18/h2-3,6-7H,4-5,8-11,19H2,1H3/b20-14+. The van der Waals surface area contributed by atoms with Crippen LogP contribution in [-0.2, 0) is 15.8 Å². The van der Waals surface area contributed by atoms with Crippen LogP contribution in [0.4, 0.5) is 13.2 Å². The number of ether oxygens (including phenoxy) is 1. The molecule has 22 heavy (non-hydrogen) atoms. The van der Waals surface area contributed by atoms with Gasteiger partial charge in [0.2, 0.25) is 0 Å². The van der Waals surface area contributed by atoms with E-state index in [-0.39, 0.29) is 24.4 Å². The molecule has 0 aromatic heterocycles. The maximum absolute atomic E-state index is 13.1. The number of hydrogen-bond acceptors (Lipinski definition) is 4. The molecule has 0 saturated heterocycles. The van der Waals surface area contributed by atoms with Crippen molar-refractivity contribution in [1.82, 2.24) is 0 Å². The van der Waals surface area contributed by atoms with Crippen molar-refractivity contribution in [2.75, 3.05) is 26.9 Å². The summed E-state index contributed by atoms with van der Waals surface area (Å²) in [6, 6.07) is 5.36. The second kappa shape index (κ2) is 9.42. The summed E-state index contributed by atoms with van der Waals surface area (Å²) in [5, 5.41) is 3.85. The molecule has 124 valence electrons. The lowest BCUT2D eigenvalue weighted by atomic mass is 9.99. The highest BCUT2D eigenvalue weighted by molar-refractivity contribution is 6.01. The Balaban J connectivity index is 2.97. The van der Waals surface area contributed by atoms with Crippen molar-refractivity contribution in [3.05, 3.63) is 35.4 Å². The van der Waals surface area contributed by atoms with Gasteiger partial charge in [0.05, 0.1) is 11.3 Å². The predicted molar refractivity (Wildman–Crippen MR) is 78.7 cm³/mol. The summed E-state index contributed by atoms with van der Waals surface area (Å²) in [4.78, 5) is 4.99. The molecule has 0 aliphatic heterocycles. The molecule has 0 amide bonds. The molecule has 0 radical (unpaired) electrons. The number of alkyl halides is 3. The third-order valence-electron chi connectivity index (χ3n) is 2.94. The molecule has 1 aromatic rings. The number of halogens is 3. The maximum Gasteiger partial charge on any atom is 0.417 e. The average molecular weight is 318 g/mol. The van der Waals surface area contributed by atoms with Crippen molar-refractivity contribution >= 4 is 5.71 Å². The van der Waals surface area contributed by atoms with E-state index in [1.807, 2.05) is 0 Å². The lowest BCUT2D eigenvalue weighted by Crippen LogP contribution is -2.15. The molecule has 0 fully saturated rings. The molecule has 4 nitrogen and oxygen atoms in total. The summed E-state index contributed by atoms with van der Waals surface area (Å²) in [5.74, 6) is 0. The summed E-state index contributed by atoms with van der Waals surface area (Å²) < 4.78 is 44.3. The zero-order chi connectivity index (χ0) is 16.4. The zero-order valence-corrected chi connectivity index (χ0v) is 12.5. The molecule has 2 N–H and O–H groups in total. The van der Waals surface area contributed by atoms with Crippen molar-refractivity contribution in [1.29, 1.82) is 0 Å². The van der Waals surface area contributed by atoms with Gasteiger partial charge in [-0.3, -0.25) is 0 Å². The number of unbranched alkanes of at least 4 members (excludes halogenated alkanes) is 1. The Morgan fingerprint density at radius 1 is 1.18 bits per heavy atom. The number of rotatable bonds is 9. The molecule has 0 atom stereocenters. The molecule has 0 aliphatic rings. The third-order valence-corrected chi connectivity index (χ3v) is 2.94. The second-order valence-electron chi connectivity index (χ2n) is 4.65. The Hall–Kier alpha value is -1.60. The fourth-order valence-electron chi connectivity index (χ4n) is 1.93. The highest BCUT2D eigenvalue weighted by Crippen LogP contribution is 2.32. The molecule has 0 heterocycles. The molecule has 0 spiro atoms. The van der Waals surface area contributed by atoms with Crippen molar-refractivity contribution < 1.29 is 22.7 Å². The smallest absolute Gasteiger partial charge is 0.394 e. The maximum atomic E-state index is 13.1. The van der Waals surface area contributed by atoms with Gasteiger partial charge in [-0.2, -0.15) is 13.2 Å². The van der Waals surface area contributed by atoms with Gasteiger partial charge in [0.1, 0.15) is 6.61 Å². The van der Waals surface area contributed by atoms with Crippen LogP contribution in [-0.4, -0.2) is 32.6 Å². The topological polar surface area (TPSA) is 56.8 Å². The van der Waals surface area contributed by atoms with E-state index in [0.717, 1.165) is 12.5 Å². The van der Waals surface area contributed by atoms with E-state index in [1.54, 1.807) is 13.2 Å². The van der Waals surface area contributed by atoms with Gasteiger partial charge in [-0.15, -0.1) is 0 Å². The van der Waals surface area contributed by atoms with Gasteiger partial charge in [-0.05, 0) is 25.3 Å². The van der Waals surface area contributed by atoms with E-state index in [1.165, 1.54) is 12.1 Å². The predicted octanol–water partition coefficient (Wildman–Crippen LogP) is 3.20. The van der Waals surface area contributed by atoms with E-state index in [0.29, 0.717) is 19.4 Å². The zero-order valence-electron chi connectivity index (χ0n) is 12.5. The van der Waals surface area contributed by atoms with Crippen molar-refractivity contribution in [2.24, 2.45) is 10.9 Å². The Morgan fingerprint density at radius 3 is 2.55 bits per heavy atom.